The van der Waals surface area contributed by atoms with Crippen molar-refractivity contribution in [3.05, 3.63) is 63.8 Å². The zero-order chi connectivity index (χ0) is 16.2. The average molecular weight is 326 g/mol. The van der Waals surface area contributed by atoms with Gasteiger partial charge in [0.05, 0.1) is 5.69 Å². The van der Waals surface area contributed by atoms with Crippen LogP contribution in [0.5, 0.6) is 0 Å². The van der Waals surface area contributed by atoms with Crippen LogP contribution >= 0.6 is 12.2 Å². The van der Waals surface area contributed by atoms with E-state index in [4.69, 9.17) is 12.2 Å². The largest absolute Gasteiger partial charge is 0.322 e. The number of aromatic nitrogens is 4. The molecule has 0 radical (unpaired) electrons. The zero-order valence-corrected chi connectivity index (χ0v) is 12.4. The molecule has 0 saturated heterocycles. The SMILES string of the molecule is O=Nc1ccc(C(=O)Nc2cccc(-n3[nH]nnc3=S)c2)cc1. The van der Waals surface area contributed by atoms with Gasteiger partial charge in [-0.2, -0.15) is 5.21 Å². The second kappa shape index (κ2) is 6.28. The summed E-state index contributed by atoms with van der Waals surface area (Å²) < 4.78 is 1.79. The van der Waals surface area contributed by atoms with Crippen molar-refractivity contribution in [3.8, 4) is 5.69 Å². The van der Waals surface area contributed by atoms with Crippen molar-refractivity contribution < 1.29 is 4.79 Å². The van der Waals surface area contributed by atoms with Crippen LogP contribution in [0, 0.1) is 9.68 Å². The highest BCUT2D eigenvalue weighted by Gasteiger charge is 2.07. The van der Waals surface area contributed by atoms with E-state index >= 15 is 0 Å². The summed E-state index contributed by atoms with van der Waals surface area (Å²) in [6.07, 6.45) is 0. The Balaban J connectivity index is 1.82. The molecule has 2 N–H and O–H groups in total. The standard InChI is InChI=1S/C14H10N6O2S/c21-13(9-4-6-10(17-22)7-5-9)15-11-2-1-3-12(8-11)20-14(23)16-18-19-20/h1-8H,(H,15,21)(H,16,19,23). The molecule has 0 aliphatic carbocycles. The van der Waals surface area contributed by atoms with Gasteiger partial charge in [0.15, 0.2) is 0 Å². The van der Waals surface area contributed by atoms with E-state index in [1.807, 2.05) is 0 Å². The number of nitrogens with one attached hydrogen (secondary N) is 2. The molecule has 1 heterocycles. The van der Waals surface area contributed by atoms with E-state index in [2.05, 4.69) is 26.0 Å². The second-order valence-corrected chi connectivity index (χ2v) is 4.93. The van der Waals surface area contributed by atoms with Crippen molar-refractivity contribution in [1.29, 1.82) is 0 Å². The first-order valence-electron chi connectivity index (χ1n) is 6.53. The van der Waals surface area contributed by atoms with E-state index in [-0.39, 0.29) is 16.4 Å². The molecule has 0 atom stereocenters. The van der Waals surface area contributed by atoms with Crippen molar-refractivity contribution in [1.82, 2.24) is 20.2 Å². The third-order valence-corrected chi connectivity index (χ3v) is 3.33. The number of aromatic amines is 1. The molecule has 0 fully saturated rings. The first kappa shape index (κ1) is 14.7. The molecule has 8 nitrogen and oxygen atoms in total. The normalized spacial score (nSPS) is 10.3. The lowest BCUT2D eigenvalue weighted by molar-refractivity contribution is 0.102. The van der Waals surface area contributed by atoms with E-state index in [9.17, 15) is 9.70 Å². The molecule has 0 saturated carbocycles. The third-order valence-electron chi connectivity index (χ3n) is 3.07. The molecule has 1 amide bonds. The van der Waals surface area contributed by atoms with E-state index in [0.29, 0.717) is 16.9 Å². The van der Waals surface area contributed by atoms with Gasteiger partial charge in [-0.05, 0) is 59.9 Å². The van der Waals surface area contributed by atoms with E-state index in [1.54, 1.807) is 24.3 Å². The van der Waals surface area contributed by atoms with E-state index in [0.717, 1.165) is 0 Å². The highest BCUT2D eigenvalue weighted by atomic mass is 32.1. The zero-order valence-electron chi connectivity index (χ0n) is 11.6. The highest BCUT2D eigenvalue weighted by molar-refractivity contribution is 7.71. The molecule has 2 aromatic carbocycles. The number of carbonyl (C=O) groups excluding carboxylic acids is 1. The molecule has 23 heavy (non-hydrogen) atoms. The molecular formula is C14H10N6O2S. The van der Waals surface area contributed by atoms with Crippen molar-refractivity contribution in [2.45, 2.75) is 0 Å². The first-order chi connectivity index (χ1) is 11.2. The summed E-state index contributed by atoms with van der Waals surface area (Å²) in [4.78, 5) is 22.6. The van der Waals surface area contributed by atoms with E-state index < -0.39 is 0 Å². The van der Waals surface area contributed by atoms with Crippen LogP contribution in [0.1, 0.15) is 10.4 Å². The Bertz CT molecular complexity index is 915. The molecule has 114 valence electrons. The minimum atomic E-state index is -0.300. The Morgan fingerprint density at radius 1 is 1.22 bits per heavy atom. The maximum atomic E-state index is 12.2. The van der Waals surface area contributed by atoms with Gasteiger partial charge in [0, 0.05) is 11.3 Å². The Morgan fingerprint density at radius 2 is 2.00 bits per heavy atom. The van der Waals surface area contributed by atoms with Gasteiger partial charge in [-0.1, -0.05) is 16.4 Å². The van der Waals surface area contributed by atoms with Crippen molar-refractivity contribution in [2.24, 2.45) is 5.18 Å². The van der Waals surface area contributed by atoms with Gasteiger partial charge in [0.1, 0.15) is 5.69 Å². The average Bonchev–Trinajstić information content (AvgIpc) is 3.01. The Kier molecular flexibility index (Phi) is 4.02. The molecule has 9 heteroatoms. The van der Waals surface area contributed by atoms with Crippen LogP contribution in [-0.4, -0.2) is 26.1 Å². The molecule has 0 spiro atoms. The Morgan fingerprint density at radius 3 is 2.65 bits per heavy atom. The molecule has 0 aliphatic rings. The third kappa shape index (κ3) is 3.19. The van der Waals surface area contributed by atoms with Crippen LogP contribution in [0.2, 0.25) is 0 Å². The molecule has 3 rings (SSSR count). The van der Waals surface area contributed by atoms with Crippen LogP contribution in [0.4, 0.5) is 11.4 Å². The summed E-state index contributed by atoms with van der Waals surface area (Å²) in [7, 11) is 0. The quantitative estimate of drug-likeness (QED) is 0.566. The monoisotopic (exact) mass is 326 g/mol. The number of carbonyl (C=O) groups is 1. The lowest BCUT2D eigenvalue weighted by atomic mass is 10.2. The number of hydrogen-bond acceptors (Lipinski definition) is 6. The number of nitrogens with zero attached hydrogens (tertiary/aromatic N) is 4. The number of hydrogen-bond donors (Lipinski definition) is 2. The van der Waals surface area contributed by atoms with Gasteiger partial charge < -0.3 is 5.32 Å². The summed E-state index contributed by atoms with van der Waals surface area (Å²) in [5.74, 6) is -0.300. The molecule has 1 aromatic heterocycles. The minimum Gasteiger partial charge on any atom is -0.322 e. The van der Waals surface area contributed by atoms with Gasteiger partial charge in [0.25, 0.3) is 5.91 Å². The number of rotatable bonds is 4. The van der Waals surface area contributed by atoms with Gasteiger partial charge >= 0.3 is 0 Å². The molecule has 3 aromatic rings. The van der Waals surface area contributed by atoms with E-state index in [1.165, 1.54) is 28.9 Å². The fraction of sp³-hybridized carbons (Fsp3) is 0. The fourth-order valence-electron chi connectivity index (χ4n) is 1.97. The van der Waals surface area contributed by atoms with Gasteiger partial charge in [-0.15, -0.1) is 4.91 Å². The summed E-state index contributed by atoms with van der Waals surface area (Å²) in [6, 6.07) is 13.1. The number of H-pyrrole nitrogens is 1. The number of tetrazole rings is 1. The predicted octanol–water partition coefficient (Wildman–Crippen LogP) is 2.98. The predicted molar refractivity (Wildman–Crippen MR) is 86.4 cm³/mol. The Labute approximate surface area is 135 Å². The summed E-state index contributed by atoms with van der Waals surface area (Å²) in [5, 5.41) is 15.5. The summed E-state index contributed by atoms with van der Waals surface area (Å²) >= 11 is 5.04. The van der Waals surface area contributed by atoms with Crippen molar-refractivity contribution in [3.63, 3.8) is 0 Å². The van der Waals surface area contributed by atoms with Gasteiger partial charge in [-0.25, -0.2) is 4.68 Å². The van der Waals surface area contributed by atoms with Crippen LogP contribution in [0.15, 0.2) is 53.7 Å². The number of nitroso groups, excluding NO2 is 1. The smallest absolute Gasteiger partial charge is 0.255 e. The topological polar surface area (TPSA) is 105 Å². The number of benzene rings is 2. The lowest BCUT2D eigenvalue weighted by Gasteiger charge is -2.07. The molecule has 0 unspecified atom stereocenters. The summed E-state index contributed by atoms with van der Waals surface area (Å²) in [5.41, 5.74) is 1.96. The number of amides is 1. The van der Waals surface area contributed by atoms with Gasteiger partial charge in [-0.3, -0.25) is 4.79 Å². The van der Waals surface area contributed by atoms with Crippen molar-refractivity contribution in [2.75, 3.05) is 5.32 Å². The van der Waals surface area contributed by atoms with Crippen LogP contribution in [0.3, 0.4) is 0 Å². The maximum absolute atomic E-state index is 12.2. The first-order valence-corrected chi connectivity index (χ1v) is 6.93. The van der Waals surface area contributed by atoms with Crippen molar-refractivity contribution >= 4 is 29.5 Å². The van der Waals surface area contributed by atoms with Crippen LogP contribution in [0.25, 0.3) is 5.69 Å². The molecule has 0 aliphatic heterocycles. The fourth-order valence-corrected chi connectivity index (χ4v) is 2.15. The Hall–Kier alpha value is -3.20. The van der Waals surface area contributed by atoms with Crippen LogP contribution < -0.4 is 5.32 Å². The minimum absolute atomic E-state index is 0.268. The molecule has 0 bridgehead atoms. The molecular weight excluding hydrogens is 316 g/mol. The van der Waals surface area contributed by atoms with Crippen LogP contribution in [-0.2, 0) is 0 Å². The van der Waals surface area contributed by atoms with Gasteiger partial charge in [0.2, 0.25) is 4.77 Å². The number of anilines is 1. The summed E-state index contributed by atoms with van der Waals surface area (Å²) in [6.45, 7) is 0. The second-order valence-electron chi connectivity index (χ2n) is 4.56. The maximum Gasteiger partial charge on any atom is 0.255 e. The highest BCUT2D eigenvalue weighted by Crippen LogP contribution is 2.17. The lowest BCUT2D eigenvalue weighted by Crippen LogP contribution is -2.12.